The van der Waals surface area contributed by atoms with Crippen LogP contribution in [-0.4, -0.2) is 13.1 Å². The molecule has 0 atom stereocenters. The molecule has 0 radical (unpaired) electrons. The minimum absolute atomic E-state index is 0.0909. The van der Waals surface area contributed by atoms with Crippen molar-refractivity contribution in [1.29, 1.82) is 0 Å². The molecule has 76 valence electrons. The third kappa shape index (κ3) is 2.17. The first kappa shape index (κ1) is 10.8. The molecule has 0 amide bonds. The molecule has 0 aliphatic heterocycles. The molecule has 0 aliphatic carbocycles. The van der Waals surface area contributed by atoms with Crippen molar-refractivity contribution < 1.29 is 9.53 Å². The molecule has 0 spiro atoms. The summed E-state index contributed by atoms with van der Waals surface area (Å²) in [5, 5.41) is 0. The summed E-state index contributed by atoms with van der Waals surface area (Å²) in [6.45, 7) is 0. The first-order valence-corrected chi connectivity index (χ1v) is 4.74. The van der Waals surface area contributed by atoms with E-state index >= 15 is 0 Å². The summed E-state index contributed by atoms with van der Waals surface area (Å²) in [6, 6.07) is 3.43. The number of benzene rings is 1. The Kier molecular flexibility index (Phi) is 3.35. The maximum atomic E-state index is 11.0. The highest BCUT2D eigenvalue weighted by atomic mass is 79.9. The van der Waals surface area contributed by atoms with Crippen molar-refractivity contribution in [2.45, 2.75) is 6.42 Å². The van der Waals surface area contributed by atoms with E-state index in [1.165, 1.54) is 7.11 Å². The zero-order valence-corrected chi connectivity index (χ0v) is 9.30. The van der Waals surface area contributed by atoms with Crippen molar-refractivity contribution in [2.24, 2.45) is 0 Å². The summed E-state index contributed by atoms with van der Waals surface area (Å²) in [5.74, 6) is -0.360. The topological polar surface area (TPSA) is 78.3 Å². The molecular weight excluding hydrogens is 248 g/mol. The van der Waals surface area contributed by atoms with E-state index in [-0.39, 0.29) is 12.4 Å². The zero-order valence-electron chi connectivity index (χ0n) is 7.71. The molecule has 0 heterocycles. The van der Waals surface area contributed by atoms with E-state index in [4.69, 9.17) is 11.5 Å². The maximum Gasteiger partial charge on any atom is 0.310 e. The van der Waals surface area contributed by atoms with E-state index in [0.29, 0.717) is 16.9 Å². The molecule has 0 saturated heterocycles. The minimum Gasteiger partial charge on any atom is -0.469 e. The van der Waals surface area contributed by atoms with Gasteiger partial charge in [-0.3, -0.25) is 4.79 Å². The van der Waals surface area contributed by atoms with Crippen LogP contribution in [0.2, 0.25) is 0 Å². The third-order valence-corrected chi connectivity index (χ3v) is 2.58. The molecule has 4 N–H and O–H groups in total. The Hall–Kier alpha value is -1.23. The van der Waals surface area contributed by atoms with Gasteiger partial charge >= 0.3 is 5.97 Å². The Morgan fingerprint density at radius 1 is 1.50 bits per heavy atom. The van der Waals surface area contributed by atoms with Gasteiger partial charge < -0.3 is 16.2 Å². The van der Waals surface area contributed by atoms with Crippen LogP contribution in [0.4, 0.5) is 11.4 Å². The van der Waals surface area contributed by atoms with E-state index in [1.54, 1.807) is 12.1 Å². The largest absolute Gasteiger partial charge is 0.469 e. The number of ether oxygens (including phenoxy) is 1. The van der Waals surface area contributed by atoms with Crippen molar-refractivity contribution in [3.05, 3.63) is 22.2 Å². The van der Waals surface area contributed by atoms with E-state index in [2.05, 4.69) is 20.7 Å². The van der Waals surface area contributed by atoms with Crippen LogP contribution in [0.1, 0.15) is 5.56 Å². The van der Waals surface area contributed by atoms with Gasteiger partial charge in [-0.1, -0.05) is 0 Å². The summed E-state index contributed by atoms with van der Waals surface area (Å²) >= 11 is 3.26. The highest BCUT2D eigenvalue weighted by Crippen LogP contribution is 2.28. The highest BCUT2D eigenvalue weighted by molar-refractivity contribution is 9.10. The lowest BCUT2D eigenvalue weighted by molar-refractivity contribution is -0.139. The number of anilines is 2. The van der Waals surface area contributed by atoms with Gasteiger partial charge in [-0.05, 0) is 28.1 Å². The van der Waals surface area contributed by atoms with Crippen molar-refractivity contribution in [3.63, 3.8) is 0 Å². The van der Waals surface area contributed by atoms with Crippen LogP contribution in [0.25, 0.3) is 0 Å². The molecule has 0 unspecified atom stereocenters. The molecule has 0 saturated carbocycles. The van der Waals surface area contributed by atoms with Gasteiger partial charge in [0.15, 0.2) is 0 Å². The summed E-state index contributed by atoms with van der Waals surface area (Å²) in [7, 11) is 1.33. The third-order valence-electron chi connectivity index (χ3n) is 1.89. The van der Waals surface area contributed by atoms with Gasteiger partial charge in [0.25, 0.3) is 0 Å². The lowest BCUT2D eigenvalue weighted by atomic mass is 10.1. The fraction of sp³-hybridized carbons (Fsp3) is 0.222. The standard InChI is InChI=1S/C9H11BrN2O2/c1-14-8(13)4-5-7(11)3-2-6(10)9(5)12/h2-3H,4,11-12H2,1H3. The predicted octanol–water partition coefficient (Wildman–Crippen LogP) is 1.33. The number of nitrogen functional groups attached to an aromatic ring is 2. The summed E-state index contributed by atoms with van der Waals surface area (Å²) in [4.78, 5) is 11.0. The van der Waals surface area contributed by atoms with Crippen LogP contribution < -0.4 is 11.5 Å². The number of nitrogens with two attached hydrogens (primary N) is 2. The lowest BCUT2D eigenvalue weighted by Crippen LogP contribution is -2.09. The van der Waals surface area contributed by atoms with Crippen LogP contribution >= 0.6 is 15.9 Å². The van der Waals surface area contributed by atoms with Crippen LogP contribution in [0.5, 0.6) is 0 Å². The van der Waals surface area contributed by atoms with Gasteiger partial charge in [-0.2, -0.15) is 0 Å². The van der Waals surface area contributed by atoms with E-state index < -0.39 is 0 Å². The summed E-state index contributed by atoms with van der Waals surface area (Å²) in [5.41, 5.74) is 13.0. The Bertz CT molecular complexity index is 366. The maximum absolute atomic E-state index is 11.0. The van der Waals surface area contributed by atoms with Crippen molar-refractivity contribution >= 4 is 33.3 Å². The summed E-state index contributed by atoms with van der Waals surface area (Å²) in [6.07, 6.45) is 0.0909. The van der Waals surface area contributed by atoms with Gasteiger partial charge in [0.2, 0.25) is 0 Å². The van der Waals surface area contributed by atoms with Crippen LogP contribution in [0.15, 0.2) is 16.6 Å². The Morgan fingerprint density at radius 3 is 2.71 bits per heavy atom. The molecule has 0 bridgehead atoms. The molecule has 0 aromatic heterocycles. The second-order valence-electron chi connectivity index (χ2n) is 2.78. The average Bonchev–Trinajstić information content (AvgIpc) is 2.18. The number of hydrogen-bond donors (Lipinski definition) is 2. The van der Waals surface area contributed by atoms with Crippen LogP contribution in [0.3, 0.4) is 0 Å². The fourth-order valence-electron chi connectivity index (χ4n) is 1.07. The number of carbonyl (C=O) groups excluding carboxylic acids is 1. The van der Waals surface area contributed by atoms with E-state index in [9.17, 15) is 4.79 Å². The van der Waals surface area contributed by atoms with Crippen molar-refractivity contribution in [1.82, 2.24) is 0 Å². The van der Waals surface area contributed by atoms with Crippen molar-refractivity contribution in [2.75, 3.05) is 18.6 Å². The van der Waals surface area contributed by atoms with Gasteiger partial charge in [0.1, 0.15) is 0 Å². The monoisotopic (exact) mass is 258 g/mol. The Balaban J connectivity index is 3.06. The lowest BCUT2D eigenvalue weighted by Gasteiger charge is -2.09. The fourth-order valence-corrected chi connectivity index (χ4v) is 1.44. The summed E-state index contributed by atoms with van der Waals surface area (Å²) < 4.78 is 5.27. The number of carbonyl (C=O) groups is 1. The van der Waals surface area contributed by atoms with Crippen LogP contribution in [-0.2, 0) is 16.0 Å². The molecule has 1 aromatic rings. The second kappa shape index (κ2) is 4.32. The van der Waals surface area contributed by atoms with Gasteiger partial charge in [-0.15, -0.1) is 0 Å². The SMILES string of the molecule is COC(=O)Cc1c(N)ccc(Br)c1N. The first-order chi connectivity index (χ1) is 6.56. The molecule has 5 heteroatoms. The Morgan fingerprint density at radius 2 is 2.14 bits per heavy atom. The average molecular weight is 259 g/mol. The second-order valence-corrected chi connectivity index (χ2v) is 3.64. The predicted molar refractivity (Wildman–Crippen MR) is 58.7 cm³/mol. The molecule has 0 fully saturated rings. The molecule has 1 aromatic carbocycles. The number of rotatable bonds is 2. The molecule has 0 aliphatic rings. The molecular formula is C9H11BrN2O2. The number of methoxy groups -OCH3 is 1. The minimum atomic E-state index is -0.360. The van der Waals surface area contributed by atoms with Gasteiger partial charge in [0.05, 0.1) is 19.2 Å². The normalized spacial score (nSPS) is 9.86. The van der Waals surface area contributed by atoms with E-state index in [1.807, 2.05) is 0 Å². The van der Waals surface area contributed by atoms with Gasteiger partial charge in [-0.25, -0.2) is 0 Å². The van der Waals surface area contributed by atoms with Crippen LogP contribution in [0, 0.1) is 0 Å². The van der Waals surface area contributed by atoms with E-state index in [0.717, 1.165) is 4.47 Å². The zero-order chi connectivity index (χ0) is 10.7. The quantitative estimate of drug-likeness (QED) is 0.620. The molecule has 1 rings (SSSR count). The van der Waals surface area contributed by atoms with Crippen molar-refractivity contribution in [3.8, 4) is 0 Å². The van der Waals surface area contributed by atoms with Gasteiger partial charge in [0, 0.05) is 15.7 Å². The number of esters is 1. The Labute approximate surface area is 90.3 Å². The molecule has 4 nitrogen and oxygen atoms in total. The molecule has 14 heavy (non-hydrogen) atoms. The number of halogens is 1. The smallest absolute Gasteiger partial charge is 0.310 e. The number of hydrogen-bond acceptors (Lipinski definition) is 4. The first-order valence-electron chi connectivity index (χ1n) is 3.95. The highest BCUT2D eigenvalue weighted by Gasteiger charge is 2.11.